The Hall–Kier alpha value is -4.11. The van der Waals surface area contributed by atoms with Gasteiger partial charge in [-0.25, -0.2) is 9.50 Å². The summed E-state index contributed by atoms with van der Waals surface area (Å²) in [6.07, 6.45) is 1.61. The molecule has 4 N–H and O–H groups in total. The van der Waals surface area contributed by atoms with Crippen molar-refractivity contribution in [3.8, 4) is 0 Å². The van der Waals surface area contributed by atoms with E-state index in [4.69, 9.17) is 0 Å². The lowest BCUT2D eigenvalue weighted by molar-refractivity contribution is -0.167. The third kappa shape index (κ3) is 7.79. The lowest BCUT2D eigenvalue weighted by atomic mass is 10.1. The Kier molecular flexibility index (Phi) is 8.97. The Labute approximate surface area is 243 Å². The summed E-state index contributed by atoms with van der Waals surface area (Å²) in [4.78, 5) is 31.5. The first-order valence-electron chi connectivity index (χ1n) is 13.5. The van der Waals surface area contributed by atoms with Crippen LogP contribution in [-0.2, 0) is 9.59 Å². The van der Waals surface area contributed by atoms with Crippen LogP contribution in [0.25, 0.3) is 5.52 Å². The van der Waals surface area contributed by atoms with Crippen molar-refractivity contribution in [3.05, 3.63) is 48.3 Å². The Morgan fingerprint density at radius 2 is 1.81 bits per heavy atom. The number of aromatic amines is 1. The number of alkyl halides is 3. The van der Waals surface area contributed by atoms with Gasteiger partial charge < -0.3 is 20.9 Å². The fourth-order valence-corrected chi connectivity index (χ4v) is 5.32. The van der Waals surface area contributed by atoms with Crippen molar-refractivity contribution < 1.29 is 22.8 Å². The number of aryl methyl sites for hydroxylation is 1. The number of carbonyl (C=O) groups excluding carboxylic acids is 2. The smallest absolute Gasteiger partial charge is 0.325 e. The summed E-state index contributed by atoms with van der Waals surface area (Å²) in [6.45, 7) is 4.96. The van der Waals surface area contributed by atoms with Gasteiger partial charge >= 0.3 is 12.1 Å². The molecule has 0 bridgehead atoms. The predicted octanol–water partition coefficient (Wildman–Crippen LogP) is 5.36. The van der Waals surface area contributed by atoms with Crippen LogP contribution in [0.1, 0.15) is 37.8 Å². The van der Waals surface area contributed by atoms with Gasteiger partial charge in [0.15, 0.2) is 11.6 Å². The maximum Gasteiger partial charge on any atom is 0.471 e. The third-order valence-electron chi connectivity index (χ3n) is 6.59. The van der Waals surface area contributed by atoms with E-state index >= 15 is 0 Å². The molecule has 1 fully saturated rings. The minimum absolute atomic E-state index is 0.0102. The zero-order valence-electron chi connectivity index (χ0n) is 22.8. The van der Waals surface area contributed by atoms with Crippen molar-refractivity contribution in [1.82, 2.24) is 29.7 Å². The molecule has 1 aliphatic heterocycles. The molecule has 0 unspecified atom stereocenters. The van der Waals surface area contributed by atoms with E-state index in [-0.39, 0.29) is 11.6 Å². The molecule has 11 nitrogen and oxygen atoms in total. The Morgan fingerprint density at radius 1 is 1.05 bits per heavy atom. The van der Waals surface area contributed by atoms with Crippen molar-refractivity contribution in [2.75, 3.05) is 35.6 Å². The Balaban J connectivity index is 1.30. The van der Waals surface area contributed by atoms with E-state index in [1.807, 2.05) is 18.3 Å². The lowest BCUT2D eigenvalue weighted by Crippen LogP contribution is -2.31. The highest BCUT2D eigenvalue weighted by Gasteiger charge is 2.38. The average molecular weight is 602 g/mol. The number of likely N-dealkylation sites (tertiary alicyclic amines) is 1. The molecular formula is C27H30F3N9O2S. The van der Waals surface area contributed by atoms with Crippen molar-refractivity contribution in [2.45, 2.75) is 55.3 Å². The van der Waals surface area contributed by atoms with Crippen LogP contribution in [0.3, 0.4) is 0 Å². The first kappa shape index (κ1) is 29.4. The molecule has 1 aliphatic rings. The monoisotopic (exact) mass is 601 g/mol. The number of aromatic nitrogens is 5. The number of piperidine rings is 1. The fraction of sp³-hybridized carbons (Fsp3) is 0.370. The number of nitrogens with one attached hydrogen (secondary N) is 4. The van der Waals surface area contributed by atoms with Gasteiger partial charge in [0.1, 0.15) is 5.52 Å². The summed E-state index contributed by atoms with van der Waals surface area (Å²) in [5, 5.41) is 19.9. The van der Waals surface area contributed by atoms with Crippen LogP contribution in [0.5, 0.6) is 0 Å². The largest absolute Gasteiger partial charge is 0.471 e. The minimum Gasteiger partial charge on any atom is -0.325 e. The standard InChI is InChI=1S/C27H30F3N9O2S/c1-17-14-22(36-35-17)33-24-21-15-19(31-23(40)6-5-13-38-11-3-2-4-12-38)16-39(21)37-26(34-24)42-20-9-7-18(8-10-20)32-25(41)27(28,29)30/h7-10,14-16H,2-6,11-13H2,1H3,(H,31,40)(H,32,41)(H2,33,34,35,36,37). The van der Waals surface area contributed by atoms with E-state index in [0.717, 1.165) is 31.7 Å². The molecular weight excluding hydrogens is 571 g/mol. The number of nitrogens with zero attached hydrogens (tertiary/aromatic N) is 5. The molecule has 4 heterocycles. The second-order valence-corrected chi connectivity index (χ2v) is 11.0. The van der Waals surface area contributed by atoms with Gasteiger partial charge in [0.05, 0.1) is 11.9 Å². The number of rotatable bonds is 10. The quantitative estimate of drug-likeness (QED) is 0.191. The molecule has 1 aromatic carbocycles. The highest BCUT2D eigenvalue weighted by Crippen LogP contribution is 2.30. The first-order chi connectivity index (χ1) is 20.1. The fourth-order valence-electron chi connectivity index (χ4n) is 4.57. The zero-order valence-corrected chi connectivity index (χ0v) is 23.6. The van der Waals surface area contributed by atoms with Crippen LogP contribution in [-0.4, -0.2) is 67.3 Å². The second-order valence-electron chi connectivity index (χ2n) is 10.00. The lowest BCUT2D eigenvalue weighted by Gasteiger charge is -2.26. The molecule has 4 aromatic rings. The number of benzene rings is 1. The minimum atomic E-state index is -4.98. The number of halogens is 3. The number of H-pyrrole nitrogens is 1. The Bertz CT molecular complexity index is 1550. The van der Waals surface area contributed by atoms with Gasteiger partial charge in [-0.1, -0.05) is 6.42 Å². The molecule has 0 radical (unpaired) electrons. The summed E-state index contributed by atoms with van der Waals surface area (Å²) in [5.41, 5.74) is 2.04. The van der Waals surface area contributed by atoms with Gasteiger partial charge in [-0.2, -0.15) is 18.3 Å². The van der Waals surface area contributed by atoms with Crippen molar-refractivity contribution in [3.63, 3.8) is 0 Å². The van der Waals surface area contributed by atoms with Gasteiger partial charge in [0.25, 0.3) is 0 Å². The normalized spacial score (nSPS) is 14.2. The summed E-state index contributed by atoms with van der Waals surface area (Å²) in [7, 11) is 0. The maximum atomic E-state index is 12.7. The Morgan fingerprint density at radius 3 is 2.50 bits per heavy atom. The van der Waals surface area contributed by atoms with Crippen LogP contribution in [0.4, 0.5) is 36.2 Å². The highest BCUT2D eigenvalue weighted by molar-refractivity contribution is 7.99. The number of fused-ring (bicyclic) bond motifs is 1. The van der Waals surface area contributed by atoms with Crippen LogP contribution in [0.15, 0.2) is 52.6 Å². The zero-order chi connectivity index (χ0) is 29.7. The van der Waals surface area contributed by atoms with Crippen LogP contribution in [0.2, 0.25) is 0 Å². The third-order valence-corrected chi connectivity index (χ3v) is 7.45. The molecule has 0 spiro atoms. The number of anilines is 4. The summed E-state index contributed by atoms with van der Waals surface area (Å²) < 4.78 is 39.2. The van der Waals surface area contributed by atoms with Crippen LogP contribution >= 0.6 is 11.8 Å². The van der Waals surface area contributed by atoms with E-state index in [1.54, 1.807) is 28.9 Å². The van der Waals surface area contributed by atoms with E-state index in [1.165, 1.54) is 43.2 Å². The topological polar surface area (TPSA) is 132 Å². The predicted molar refractivity (Wildman–Crippen MR) is 153 cm³/mol. The van der Waals surface area contributed by atoms with Crippen molar-refractivity contribution >= 4 is 52.1 Å². The number of hydrogen-bond donors (Lipinski definition) is 4. The van der Waals surface area contributed by atoms with Gasteiger partial charge in [0.2, 0.25) is 11.1 Å². The van der Waals surface area contributed by atoms with Crippen LogP contribution < -0.4 is 16.0 Å². The average Bonchev–Trinajstić information content (AvgIpc) is 3.55. The molecule has 15 heteroatoms. The number of amides is 2. The van der Waals surface area contributed by atoms with Crippen LogP contribution in [0, 0.1) is 6.92 Å². The molecule has 222 valence electrons. The van der Waals surface area contributed by atoms with Gasteiger partial charge in [0, 0.05) is 28.8 Å². The summed E-state index contributed by atoms with van der Waals surface area (Å²) in [6, 6.07) is 9.43. The summed E-state index contributed by atoms with van der Waals surface area (Å²) in [5.74, 6) is -1.14. The highest BCUT2D eigenvalue weighted by atomic mass is 32.2. The molecule has 5 rings (SSSR count). The molecule has 0 aliphatic carbocycles. The summed E-state index contributed by atoms with van der Waals surface area (Å²) >= 11 is 1.18. The van der Waals surface area contributed by atoms with Crippen molar-refractivity contribution in [2.24, 2.45) is 0 Å². The van der Waals surface area contributed by atoms with Gasteiger partial charge in [-0.15, -0.1) is 5.10 Å². The molecule has 3 aromatic heterocycles. The number of carbonyl (C=O) groups is 2. The second kappa shape index (κ2) is 12.8. The first-order valence-corrected chi connectivity index (χ1v) is 14.3. The van der Waals surface area contributed by atoms with E-state index in [2.05, 4.69) is 35.8 Å². The van der Waals surface area contributed by atoms with Gasteiger partial charge in [-0.05, 0) is 87.9 Å². The van der Waals surface area contributed by atoms with Crippen molar-refractivity contribution in [1.29, 1.82) is 0 Å². The van der Waals surface area contributed by atoms with E-state index in [0.29, 0.717) is 39.3 Å². The number of hydrogen-bond acceptors (Lipinski definition) is 8. The van der Waals surface area contributed by atoms with E-state index < -0.39 is 12.1 Å². The molecule has 1 saturated heterocycles. The molecule has 42 heavy (non-hydrogen) atoms. The molecule has 2 amide bonds. The SMILES string of the molecule is Cc1cc(Nc2nc(Sc3ccc(NC(=O)C(F)(F)F)cc3)nn3cc(NC(=O)CCCN4CCCCC4)cc23)n[nH]1. The maximum absolute atomic E-state index is 12.7. The molecule has 0 saturated carbocycles. The van der Waals surface area contributed by atoms with E-state index in [9.17, 15) is 22.8 Å². The van der Waals surface area contributed by atoms with Gasteiger partial charge in [-0.3, -0.25) is 14.7 Å². The molecule has 0 atom stereocenters.